The number of aromatic nitrogens is 2. The maximum Gasteiger partial charge on any atom is 0.267 e. The highest BCUT2D eigenvalue weighted by molar-refractivity contribution is 7.99. The third kappa shape index (κ3) is 3.72. The number of imide groups is 1. The number of benzene rings is 2. The number of rotatable bonds is 5. The van der Waals surface area contributed by atoms with Crippen LogP contribution in [0, 0.1) is 5.92 Å². The minimum absolute atomic E-state index is 0.0449. The third-order valence-electron chi connectivity index (χ3n) is 6.74. The maximum atomic E-state index is 13.8. The number of aryl methyl sites for hydroxylation is 1. The number of amides is 2. The molecule has 2 amide bonds. The van der Waals surface area contributed by atoms with Crippen LogP contribution >= 0.6 is 23.1 Å². The van der Waals surface area contributed by atoms with E-state index in [1.165, 1.54) is 21.5 Å². The number of para-hydroxylation sites is 1. The van der Waals surface area contributed by atoms with Gasteiger partial charge in [0.1, 0.15) is 4.83 Å². The van der Waals surface area contributed by atoms with Crippen LogP contribution in [-0.2, 0) is 12.8 Å². The molecule has 0 unspecified atom stereocenters. The van der Waals surface area contributed by atoms with Crippen molar-refractivity contribution in [2.24, 2.45) is 5.92 Å². The zero-order valence-corrected chi connectivity index (χ0v) is 20.8. The number of nitrogens with zero attached hydrogens (tertiary/aromatic N) is 3. The fraction of sp³-hybridized carbons (Fsp3) is 0.259. The Labute approximate surface area is 210 Å². The molecule has 6 nitrogen and oxygen atoms in total. The molecule has 35 heavy (non-hydrogen) atoms. The normalized spacial score (nSPS) is 17.2. The first-order valence-corrected chi connectivity index (χ1v) is 13.5. The molecule has 2 aromatic heterocycles. The van der Waals surface area contributed by atoms with E-state index in [1.54, 1.807) is 40.2 Å². The van der Waals surface area contributed by atoms with E-state index in [4.69, 9.17) is 4.98 Å². The Morgan fingerprint density at radius 3 is 2.40 bits per heavy atom. The van der Waals surface area contributed by atoms with Crippen LogP contribution in [0.25, 0.3) is 15.9 Å². The minimum Gasteiger partial charge on any atom is -0.273 e. The lowest BCUT2D eigenvalue weighted by Gasteiger charge is -2.18. The van der Waals surface area contributed by atoms with Gasteiger partial charge in [0.15, 0.2) is 5.16 Å². The summed E-state index contributed by atoms with van der Waals surface area (Å²) >= 11 is 3.03. The van der Waals surface area contributed by atoms with Crippen molar-refractivity contribution in [2.45, 2.75) is 31.3 Å². The van der Waals surface area contributed by atoms with E-state index in [2.05, 4.69) is 6.92 Å². The molecule has 1 aliphatic carbocycles. The Morgan fingerprint density at radius 2 is 1.69 bits per heavy atom. The molecule has 4 aromatic rings. The SMILES string of the molecule is C[C@H]1CCc2c(sc3nc(SCCN4C(=O)c5ccccc5C4=O)n(-c4ccccc4)c(=O)c23)C1. The van der Waals surface area contributed by atoms with E-state index >= 15 is 0 Å². The van der Waals surface area contributed by atoms with E-state index in [0.29, 0.717) is 28.0 Å². The van der Waals surface area contributed by atoms with Crippen LogP contribution in [-0.4, -0.2) is 38.6 Å². The summed E-state index contributed by atoms with van der Waals surface area (Å²) < 4.78 is 1.68. The van der Waals surface area contributed by atoms with Crippen molar-refractivity contribution in [2.75, 3.05) is 12.3 Å². The van der Waals surface area contributed by atoms with Crippen molar-refractivity contribution in [3.05, 3.63) is 86.5 Å². The van der Waals surface area contributed by atoms with Crippen LogP contribution in [0.3, 0.4) is 0 Å². The van der Waals surface area contributed by atoms with Crippen LogP contribution in [0.5, 0.6) is 0 Å². The lowest BCUT2D eigenvalue weighted by Crippen LogP contribution is -2.32. The summed E-state index contributed by atoms with van der Waals surface area (Å²) in [6.45, 7) is 2.50. The molecule has 0 bridgehead atoms. The van der Waals surface area contributed by atoms with Gasteiger partial charge in [-0.15, -0.1) is 11.3 Å². The lowest BCUT2D eigenvalue weighted by atomic mass is 9.89. The summed E-state index contributed by atoms with van der Waals surface area (Å²) in [5.74, 6) is 0.517. The van der Waals surface area contributed by atoms with Crippen molar-refractivity contribution in [1.29, 1.82) is 0 Å². The van der Waals surface area contributed by atoms with E-state index in [1.807, 2.05) is 30.3 Å². The van der Waals surface area contributed by atoms with Crippen molar-refractivity contribution in [3.8, 4) is 5.69 Å². The molecule has 0 radical (unpaired) electrons. The van der Waals surface area contributed by atoms with Gasteiger partial charge in [0.05, 0.1) is 22.2 Å². The molecule has 176 valence electrons. The van der Waals surface area contributed by atoms with Crippen molar-refractivity contribution in [1.82, 2.24) is 14.5 Å². The van der Waals surface area contributed by atoms with Crippen molar-refractivity contribution in [3.63, 3.8) is 0 Å². The fourth-order valence-corrected chi connectivity index (χ4v) is 7.30. The van der Waals surface area contributed by atoms with E-state index in [-0.39, 0.29) is 23.9 Å². The van der Waals surface area contributed by atoms with Crippen LogP contribution < -0.4 is 5.56 Å². The summed E-state index contributed by atoms with van der Waals surface area (Å²) in [5, 5.41) is 1.32. The molecule has 2 aliphatic rings. The molecule has 3 heterocycles. The smallest absolute Gasteiger partial charge is 0.267 e. The molecule has 2 aromatic carbocycles. The highest BCUT2D eigenvalue weighted by atomic mass is 32.2. The molecule has 0 N–H and O–H groups in total. The van der Waals surface area contributed by atoms with Gasteiger partial charge in [-0.1, -0.05) is 49.0 Å². The molecular formula is C27H23N3O3S2. The van der Waals surface area contributed by atoms with Crippen molar-refractivity contribution >= 4 is 45.1 Å². The summed E-state index contributed by atoms with van der Waals surface area (Å²) in [5.41, 5.74) is 2.77. The molecule has 0 fully saturated rings. The highest BCUT2D eigenvalue weighted by Crippen LogP contribution is 2.37. The molecule has 1 aliphatic heterocycles. The summed E-state index contributed by atoms with van der Waals surface area (Å²) in [4.78, 5) is 47.6. The first-order valence-electron chi connectivity index (χ1n) is 11.7. The minimum atomic E-state index is -0.268. The second kappa shape index (κ2) is 8.77. The second-order valence-corrected chi connectivity index (χ2v) is 11.2. The predicted octanol–water partition coefficient (Wildman–Crippen LogP) is 4.96. The molecule has 0 saturated carbocycles. The lowest BCUT2D eigenvalue weighted by molar-refractivity contribution is 0.0664. The van der Waals surface area contributed by atoms with Gasteiger partial charge in [-0.05, 0) is 55.0 Å². The van der Waals surface area contributed by atoms with Gasteiger partial charge in [-0.2, -0.15) is 0 Å². The molecule has 8 heteroatoms. The Balaban J connectivity index is 1.35. The van der Waals surface area contributed by atoms with Crippen LogP contribution in [0.4, 0.5) is 0 Å². The van der Waals surface area contributed by atoms with Gasteiger partial charge in [0, 0.05) is 17.2 Å². The molecule has 0 saturated heterocycles. The zero-order chi connectivity index (χ0) is 24.1. The molecule has 1 atom stereocenters. The average Bonchev–Trinajstić information content (AvgIpc) is 3.34. The number of hydrogen-bond donors (Lipinski definition) is 0. The maximum absolute atomic E-state index is 13.8. The van der Waals surface area contributed by atoms with E-state index in [0.717, 1.165) is 40.7 Å². The van der Waals surface area contributed by atoms with Crippen LogP contribution in [0.1, 0.15) is 44.5 Å². The predicted molar refractivity (Wildman–Crippen MR) is 139 cm³/mol. The largest absolute Gasteiger partial charge is 0.273 e. The Bertz CT molecular complexity index is 1510. The Morgan fingerprint density at radius 1 is 1.00 bits per heavy atom. The number of fused-ring (bicyclic) bond motifs is 4. The number of hydrogen-bond acceptors (Lipinski definition) is 6. The van der Waals surface area contributed by atoms with Gasteiger partial charge < -0.3 is 0 Å². The van der Waals surface area contributed by atoms with Gasteiger partial charge in [0.25, 0.3) is 17.4 Å². The molecule has 0 spiro atoms. The van der Waals surface area contributed by atoms with E-state index in [9.17, 15) is 14.4 Å². The zero-order valence-electron chi connectivity index (χ0n) is 19.2. The summed E-state index contributed by atoms with van der Waals surface area (Å²) in [7, 11) is 0. The van der Waals surface area contributed by atoms with Gasteiger partial charge >= 0.3 is 0 Å². The highest BCUT2D eigenvalue weighted by Gasteiger charge is 2.34. The van der Waals surface area contributed by atoms with Crippen LogP contribution in [0.15, 0.2) is 64.5 Å². The first-order chi connectivity index (χ1) is 17.0. The Hall–Kier alpha value is -3.23. The number of carbonyl (C=O) groups excluding carboxylic acids is 2. The number of thioether (sulfide) groups is 1. The fourth-order valence-electron chi connectivity index (χ4n) is 4.94. The van der Waals surface area contributed by atoms with Gasteiger partial charge in [0.2, 0.25) is 0 Å². The monoisotopic (exact) mass is 501 g/mol. The van der Waals surface area contributed by atoms with Gasteiger partial charge in [-0.3, -0.25) is 23.9 Å². The topological polar surface area (TPSA) is 72.3 Å². The van der Waals surface area contributed by atoms with Crippen LogP contribution in [0.2, 0.25) is 0 Å². The Kier molecular flexibility index (Phi) is 5.57. The quantitative estimate of drug-likeness (QED) is 0.220. The van der Waals surface area contributed by atoms with Gasteiger partial charge in [-0.25, -0.2) is 4.98 Å². The standard InChI is InChI=1S/C27H23N3O3S2/c1-16-11-12-20-21(15-16)35-23-22(20)26(33)30(17-7-3-2-4-8-17)27(28-23)34-14-13-29-24(31)18-9-5-6-10-19(18)25(29)32/h2-10,16H,11-15H2,1H3/t16-/m0/s1. The molecular weight excluding hydrogens is 478 g/mol. The first kappa shape index (κ1) is 22.2. The number of thiophene rings is 1. The molecule has 6 rings (SSSR count). The summed E-state index contributed by atoms with van der Waals surface area (Å²) in [6.07, 6.45) is 2.98. The second-order valence-electron chi connectivity index (χ2n) is 9.06. The average molecular weight is 502 g/mol. The summed E-state index contributed by atoms with van der Waals surface area (Å²) in [6, 6.07) is 16.4. The number of carbonyl (C=O) groups is 2. The van der Waals surface area contributed by atoms with E-state index < -0.39 is 0 Å². The third-order valence-corrected chi connectivity index (χ3v) is 8.80. The van der Waals surface area contributed by atoms with Crippen molar-refractivity contribution < 1.29 is 9.59 Å².